The molecular weight excluding hydrogens is 194 g/mol. The van der Waals surface area contributed by atoms with E-state index in [-0.39, 0.29) is 5.76 Å². The van der Waals surface area contributed by atoms with Gasteiger partial charge in [-0.2, -0.15) is 0 Å². The van der Waals surface area contributed by atoms with Crippen molar-refractivity contribution in [1.29, 1.82) is 0 Å². The zero-order valence-electron chi connectivity index (χ0n) is 8.23. The first-order valence-electron chi connectivity index (χ1n) is 4.53. The van der Waals surface area contributed by atoms with E-state index in [1.54, 1.807) is 12.1 Å². The molecule has 0 fully saturated rings. The van der Waals surface area contributed by atoms with Crippen molar-refractivity contribution in [3.8, 4) is 0 Å². The Kier molecular flexibility index (Phi) is 2.01. The van der Waals surface area contributed by atoms with Crippen molar-refractivity contribution in [3.63, 3.8) is 0 Å². The summed E-state index contributed by atoms with van der Waals surface area (Å²) in [5.41, 5.74) is 4.81. The summed E-state index contributed by atoms with van der Waals surface area (Å²) in [7, 11) is 0. The van der Waals surface area contributed by atoms with E-state index in [4.69, 9.17) is 15.3 Å². The van der Waals surface area contributed by atoms with E-state index in [0.29, 0.717) is 5.58 Å². The third kappa shape index (κ3) is 1.49. The van der Waals surface area contributed by atoms with Crippen LogP contribution in [0.25, 0.3) is 11.0 Å². The van der Waals surface area contributed by atoms with Crippen LogP contribution >= 0.6 is 0 Å². The summed E-state index contributed by atoms with van der Waals surface area (Å²) < 4.78 is 5.39. The van der Waals surface area contributed by atoms with Gasteiger partial charge in [-0.1, -0.05) is 18.2 Å². The van der Waals surface area contributed by atoms with Gasteiger partial charge >= 0.3 is 5.97 Å². The number of hydrogen-bond donors (Lipinski definition) is 2. The Morgan fingerprint density at radius 1 is 1.47 bits per heavy atom. The smallest absolute Gasteiger partial charge is 0.331 e. The molecule has 0 saturated heterocycles. The summed E-state index contributed by atoms with van der Waals surface area (Å²) in [5.74, 6) is -0.849. The molecular formula is C11H11NO3. The van der Waals surface area contributed by atoms with Crippen molar-refractivity contribution in [2.24, 2.45) is 5.73 Å². The number of fused-ring (bicyclic) bond motifs is 1. The Morgan fingerprint density at radius 3 is 2.73 bits per heavy atom. The van der Waals surface area contributed by atoms with Crippen molar-refractivity contribution in [3.05, 3.63) is 36.1 Å². The van der Waals surface area contributed by atoms with E-state index >= 15 is 0 Å². The van der Waals surface area contributed by atoms with Crippen molar-refractivity contribution < 1.29 is 14.3 Å². The van der Waals surface area contributed by atoms with Crippen LogP contribution in [0.4, 0.5) is 0 Å². The van der Waals surface area contributed by atoms with Gasteiger partial charge in [-0.05, 0) is 19.1 Å². The summed E-state index contributed by atoms with van der Waals surface area (Å²) in [6.45, 7) is 1.41. The van der Waals surface area contributed by atoms with E-state index in [2.05, 4.69) is 0 Å². The van der Waals surface area contributed by atoms with Gasteiger partial charge in [-0.15, -0.1) is 0 Å². The van der Waals surface area contributed by atoms with Gasteiger partial charge in [0.05, 0.1) is 0 Å². The molecule has 0 radical (unpaired) electrons. The highest BCUT2D eigenvalue weighted by molar-refractivity contribution is 5.83. The highest BCUT2D eigenvalue weighted by atomic mass is 16.4. The number of rotatable bonds is 2. The molecule has 0 amide bonds. The summed E-state index contributed by atoms with van der Waals surface area (Å²) >= 11 is 0. The number of benzene rings is 1. The molecule has 2 rings (SSSR count). The Balaban J connectivity index is 2.58. The number of aliphatic carboxylic acids is 1. The van der Waals surface area contributed by atoms with Gasteiger partial charge in [0, 0.05) is 5.39 Å². The highest BCUT2D eigenvalue weighted by Gasteiger charge is 2.33. The summed E-state index contributed by atoms with van der Waals surface area (Å²) in [6, 6.07) is 8.96. The Morgan fingerprint density at radius 2 is 2.13 bits per heavy atom. The van der Waals surface area contributed by atoms with Crippen LogP contribution in [0.3, 0.4) is 0 Å². The van der Waals surface area contributed by atoms with E-state index < -0.39 is 11.5 Å². The Hall–Kier alpha value is -1.81. The molecule has 1 aromatic heterocycles. The number of furan rings is 1. The number of carboxylic acids is 1. The molecule has 4 heteroatoms. The standard InChI is InChI=1S/C11H11NO3/c1-11(12,10(13)14)9-6-7-4-2-3-5-8(7)15-9/h2-6H,12H2,1H3,(H,13,14). The number of nitrogens with two attached hydrogens (primary N) is 1. The van der Waals surface area contributed by atoms with Crippen molar-refractivity contribution in [2.75, 3.05) is 0 Å². The summed E-state index contributed by atoms with van der Waals surface area (Å²) in [5, 5.41) is 9.79. The van der Waals surface area contributed by atoms with Crippen LogP contribution in [0, 0.1) is 0 Å². The van der Waals surface area contributed by atoms with Crippen LogP contribution in [0.2, 0.25) is 0 Å². The van der Waals surface area contributed by atoms with Crippen LogP contribution in [0.5, 0.6) is 0 Å². The van der Waals surface area contributed by atoms with Gasteiger partial charge in [0.1, 0.15) is 11.3 Å². The molecule has 0 saturated carbocycles. The Labute approximate surface area is 86.3 Å². The van der Waals surface area contributed by atoms with Gasteiger partial charge in [0.25, 0.3) is 0 Å². The first-order chi connectivity index (χ1) is 7.01. The lowest BCUT2D eigenvalue weighted by Gasteiger charge is -2.15. The fourth-order valence-corrected chi connectivity index (χ4v) is 1.34. The van der Waals surface area contributed by atoms with Gasteiger partial charge in [0.15, 0.2) is 5.54 Å². The van der Waals surface area contributed by atoms with E-state index in [1.807, 2.05) is 18.2 Å². The fraction of sp³-hybridized carbons (Fsp3) is 0.182. The monoisotopic (exact) mass is 205 g/mol. The summed E-state index contributed by atoms with van der Waals surface area (Å²) in [6.07, 6.45) is 0. The SMILES string of the molecule is CC(N)(C(=O)O)c1cc2ccccc2o1. The zero-order valence-corrected chi connectivity index (χ0v) is 8.23. The Bertz CT molecular complexity index is 480. The molecule has 78 valence electrons. The molecule has 3 N–H and O–H groups in total. The molecule has 1 unspecified atom stereocenters. The van der Waals surface area contributed by atoms with E-state index in [9.17, 15) is 4.79 Å². The fourth-order valence-electron chi connectivity index (χ4n) is 1.34. The molecule has 2 aromatic rings. The van der Waals surface area contributed by atoms with Crippen molar-refractivity contribution in [2.45, 2.75) is 12.5 Å². The maximum atomic E-state index is 10.9. The number of para-hydroxylation sites is 1. The van der Waals surface area contributed by atoms with Crippen LogP contribution < -0.4 is 5.73 Å². The predicted octanol–water partition coefficient (Wildman–Crippen LogP) is 1.69. The molecule has 0 bridgehead atoms. The third-order valence-electron chi connectivity index (χ3n) is 2.38. The number of hydrogen-bond acceptors (Lipinski definition) is 3. The average Bonchev–Trinajstić information content (AvgIpc) is 2.61. The van der Waals surface area contributed by atoms with Crippen LogP contribution in [0.15, 0.2) is 34.7 Å². The predicted molar refractivity (Wildman–Crippen MR) is 55.4 cm³/mol. The van der Waals surface area contributed by atoms with Crippen LogP contribution in [-0.2, 0) is 10.3 Å². The molecule has 1 aromatic carbocycles. The topological polar surface area (TPSA) is 76.5 Å². The number of carbonyl (C=O) groups is 1. The minimum absolute atomic E-state index is 0.260. The highest BCUT2D eigenvalue weighted by Crippen LogP contribution is 2.26. The first kappa shape index (κ1) is 9.73. The lowest BCUT2D eigenvalue weighted by atomic mass is 10.0. The van der Waals surface area contributed by atoms with Gasteiger partial charge in [-0.25, -0.2) is 4.79 Å². The van der Waals surface area contributed by atoms with E-state index in [0.717, 1.165) is 5.39 Å². The number of carboxylic acid groups (broad SMARTS) is 1. The minimum Gasteiger partial charge on any atom is -0.480 e. The van der Waals surface area contributed by atoms with Gasteiger partial charge < -0.3 is 15.3 Å². The molecule has 4 nitrogen and oxygen atoms in total. The van der Waals surface area contributed by atoms with Crippen LogP contribution in [0.1, 0.15) is 12.7 Å². The minimum atomic E-state index is -1.49. The second-order valence-corrected chi connectivity index (χ2v) is 3.66. The molecule has 15 heavy (non-hydrogen) atoms. The summed E-state index contributed by atoms with van der Waals surface area (Å²) in [4.78, 5) is 10.9. The molecule has 0 aliphatic rings. The quantitative estimate of drug-likeness (QED) is 0.782. The largest absolute Gasteiger partial charge is 0.480 e. The van der Waals surface area contributed by atoms with E-state index in [1.165, 1.54) is 6.92 Å². The normalized spacial score (nSPS) is 15.1. The third-order valence-corrected chi connectivity index (χ3v) is 2.38. The average molecular weight is 205 g/mol. The lowest BCUT2D eigenvalue weighted by Crippen LogP contribution is -2.41. The molecule has 0 aliphatic heterocycles. The molecule has 0 spiro atoms. The second-order valence-electron chi connectivity index (χ2n) is 3.66. The molecule has 1 atom stereocenters. The maximum Gasteiger partial charge on any atom is 0.331 e. The maximum absolute atomic E-state index is 10.9. The molecule has 0 aliphatic carbocycles. The van der Waals surface area contributed by atoms with Crippen molar-refractivity contribution >= 4 is 16.9 Å². The van der Waals surface area contributed by atoms with Gasteiger partial charge in [-0.3, -0.25) is 0 Å². The van der Waals surface area contributed by atoms with Crippen LogP contribution in [-0.4, -0.2) is 11.1 Å². The van der Waals surface area contributed by atoms with Gasteiger partial charge in [0.2, 0.25) is 0 Å². The van der Waals surface area contributed by atoms with Crippen molar-refractivity contribution in [1.82, 2.24) is 0 Å². The zero-order chi connectivity index (χ0) is 11.1. The second kappa shape index (κ2) is 3.10. The first-order valence-corrected chi connectivity index (χ1v) is 4.53. The lowest BCUT2D eigenvalue weighted by molar-refractivity contribution is -0.143. The molecule has 1 heterocycles.